The van der Waals surface area contributed by atoms with Crippen molar-refractivity contribution in [2.45, 2.75) is 16.7 Å². The van der Waals surface area contributed by atoms with E-state index in [9.17, 15) is 0 Å². The molecule has 0 bridgehead atoms. The summed E-state index contributed by atoms with van der Waals surface area (Å²) in [6.07, 6.45) is 1.96. The van der Waals surface area contributed by atoms with Crippen LogP contribution >= 0.6 is 11.8 Å². The number of fused-ring (bicyclic) bond motifs is 4. The summed E-state index contributed by atoms with van der Waals surface area (Å²) in [6.45, 7) is 2.14. The highest BCUT2D eigenvalue weighted by Crippen LogP contribution is 2.47. The summed E-state index contributed by atoms with van der Waals surface area (Å²) < 4.78 is 0. The SMILES string of the molecule is Cc1cccc2c1Nc1c(cnc3ccccc13)S2. The number of hydrogen-bond donors (Lipinski definition) is 1. The molecule has 1 aromatic heterocycles. The Morgan fingerprint density at radius 1 is 0.947 bits per heavy atom. The van der Waals surface area contributed by atoms with Gasteiger partial charge in [-0.1, -0.05) is 42.1 Å². The normalized spacial score (nSPS) is 12.7. The number of nitrogens with zero attached hydrogens (tertiary/aromatic N) is 1. The van der Waals surface area contributed by atoms with Crippen LogP contribution in [0, 0.1) is 6.92 Å². The molecular formula is C16H12N2S. The van der Waals surface area contributed by atoms with E-state index >= 15 is 0 Å². The summed E-state index contributed by atoms with van der Waals surface area (Å²) in [5.41, 5.74) is 4.71. The van der Waals surface area contributed by atoms with E-state index in [-0.39, 0.29) is 0 Å². The molecule has 0 aliphatic carbocycles. The summed E-state index contributed by atoms with van der Waals surface area (Å²) in [6, 6.07) is 14.6. The van der Waals surface area contributed by atoms with E-state index in [1.54, 1.807) is 11.8 Å². The molecule has 92 valence electrons. The molecule has 0 radical (unpaired) electrons. The van der Waals surface area contributed by atoms with E-state index < -0.39 is 0 Å². The molecule has 1 aliphatic heterocycles. The van der Waals surface area contributed by atoms with Crippen LogP contribution in [0.15, 0.2) is 58.5 Å². The molecule has 1 aliphatic rings. The lowest BCUT2D eigenvalue weighted by Crippen LogP contribution is -2.03. The van der Waals surface area contributed by atoms with Gasteiger partial charge in [-0.25, -0.2) is 0 Å². The van der Waals surface area contributed by atoms with Gasteiger partial charge in [0.15, 0.2) is 0 Å². The first-order valence-corrected chi connectivity index (χ1v) is 7.07. The Kier molecular flexibility index (Phi) is 2.29. The van der Waals surface area contributed by atoms with Crippen LogP contribution in [0.4, 0.5) is 11.4 Å². The van der Waals surface area contributed by atoms with E-state index in [1.807, 2.05) is 12.3 Å². The second-order valence-corrected chi connectivity index (χ2v) is 5.77. The van der Waals surface area contributed by atoms with Crippen LogP contribution in [-0.2, 0) is 0 Å². The zero-order chi connectivity index (χ0) is 12.8. The van der Waals surface area contributed by atoms with E-state index in [0.29, 0.717) is 0 Å². The van der Waals surface area contributed by atoms with Crippen molar-refractivity contribution in [3.8, 4) is 0 Å². The molecule has 3 aromatic rings. The largest absolute Gasteiger partial charge is 0.353 e. The van der Waals surface area contributed by atoms with Crippen LogP contribution in [0.5, 0.6) is 0 Å². The van der Waals surface area contributed by atoms with Crippen LogP contribution in [0.25, 0.3) is 10.9 Å². The van der Waals surface area contributed by atoms with Gasteiger partial charge < -0.3 is 5.32 Å². The number of benzene rings is 2. The van der Waals surface area contributed by atoms with Gasteiger partial charge in [0.05, 0.1) is 21.8 Å². The Morgan fingerprint density at radius 3 is 2.79 bits per heavy atom. The number of nitrogens with one attached hydrogen (secondary N) is 1. The lowest BCUT2D eigenvalue weighted by atomic mass is 10.1. The quantitative estimate of drug-likeness (QED) is 0.496. The third kappa shape index (κ3) is 1.62. The summed E-state index contributed by atoms with van der Waals surface area (Å²) in [4.78, 5) is 6.99. The molecule has 0 unspecified atom stereocenters. The predicted octanol–water partition coefficient (Wildman–Crippen LogP) is 4.75. The van der Waals surface area contributed by atoms with Crippen LogP contribution in [0.3, 0.4) is 0 Å². The van der Waals surface area contributed by atoms with Crippen LogP contribution < -0.4 is 5.32 Å². The predicted molar refractivity (Wildman–Crippen MR) is 80.3 cm³/mol. The molecule has 4 rings (SSSR count). The van der Waals surface area contributed by atoms with Crippen molar-refractivity contribution in [1.29, 1.82) is 0 Å². The van der Waals surface area contributed by atoms with Gasteiger partial charge in [0.2, 0.25) is 0 Å². The molecular weight excluding hydrogens is 252 g/mol. The first-order valence-electron chi connectivity index (χ1n) is 6.25. The van der Waals surface area contributed by atoms with Crippen molar-refractivity contribution < 1.29 is 0 Å². The van der Waals surface area contributed by atoms with Crippen molar-refractivity contribution in [2.24, 2.45) is 0 Å². The van der Waals surface area contributed by atoms with Gasteiger partial charge in [-0.05, 0) is 24.6 Å². The molecule has 3 heteroatoms. The van der Waals surface area contributed by atoms with Crippen molar-refractivity contribution in [2.75, 3.05) is 5.32 Å². The van der Waals surface area contributed by atoms with Gasteiger partial charge in [-0.3, -0.25) is 4.98 Å². The molecule has 1 N–H and O–H groups in total. The Morgan fingerprint density at radius 2 is 1.84 bits per heavy atom. The zero-order valence-corrected chi connectivity index (χ0v) is 11.3. The summed E-state index contributed by atoms with van der Waals surface area (Å²) in [5.74, 6) is 0. The number of rotatable bonds is 0. The van der Waals surface area contributed by atoms with Crippen molar-refractivity contribution >= 4 is 34.0 Å². The first-order chi connectivity index (χ1) is 9.33. The lowest BCUT2D eigenvalue weighted by molar-refractivity contribution is 1.24. The number of para-hydroxylation sites is 2. The fraction of sp³-hybridized carbons (Fsp3) is 0.0625. The molecule has 0 saturated carbocycles. The molecule has 0 spiro atoms. The fourth-order valence-electron chi connectivity index (χ4n) is 2.46. The third-order valence-electron chi connectivity index (χ3n) is 3.45. The van der Waals surface area contributed by atoms with Gasteiger partial charge in [0.1, 0.15) is 0 Å². The molecule has 2 nitrogen and oxygen atoms in total. The molecule has 0 atom stereocenters. The number of pyridine rings is 1. The molecule has 0 saturated heterocycles. The highest BCUT2D eigenvalue weighted by atomic mass is 32.2. The van der Waals surface area contributed by atoms with Gasteiger partial charge >= 0.3 is 0 Å². The average molecular weight is 264 g/mol. The topological polar surface area (TPSA) is 24.9 Å². The standard InChI is InChI=1S/C16H12N2S/c1-10-5-4-8-13-15(10)18-16-11-6-2-3-7-12(11)17-9-14(16)19-13/h2-9,18H,1H3. The van der Waals surface area contributed by atoms with Gasteiger partial charge in [-0.2, -0.15) is 0 Å². The Bertz CT molecular complexity index is 796. The van der Waals surface area contributed by atoms with Gasteiger partial charge in [-0.15, -0.1) is 0 Å². The number of hydrogen-bond acceptors (Lipinski definition) is 3. The van der Waals surface area contributed by atoms with Crippen molar-refractivity contribution in [3.63, 3.8) is 0 Å². The van der Waals surface area contributed by atoms with E-state index in [2.05, 4.69) is 53.6 Å². The summed E-state index contributed by atoms with van der Waals surface area (Å²) in [5, 5.41) is 4.77. The average Bonchev–Trinajstić information content (AvgIpc) is 2.46. The maximum atomic E-state index is 4.53. The van der Waals surface area contributed by atoms with Gasteiger partial charge in [0, 0.05) is 16.5 Å². The van der Waals surface area contributed by atoms with Crippen LogP contribution in [0.1, 0.15) is 5.56 Å². The number of anilines is 2. The first kappa shape index (κ1) is 10.9. The lowest BCUT2D eigenvalue weighted by Gasteiger charge is -2.23. The maximum absolute atomic E-state index is 4.53. The van der Waals surface area contributed by atoms with E-state index in [4.69, 9.17) is 0 Å². The summed E-state index contributed by atoms with van der Waals surface area (Å²) >= 11 is 1.79. The van der Waals surface area contributed by atoms with Crippen LogP contribution in [0.2, 0.25) is 0 Å². The smallest absolute Gasteiger partial charge is 0.0723 e. The molecule has 2 aromatic carbocycles. The van der Waals surface area contributed by atoms with E-state index in [0.717, 1.165) is 5.52 Å². The minimum Gasteiger partial charge on any atom is -0.353 e. The number of aryl methyl sites for hydroxylation is 1. The van der Waals surface area contributed by atoms with E-state index in [1.165, 1.54) is 32.1 Å². The Labute approximate surface area is 115 Å². The Hall–Kier alpha value is -2.00. The molecule has 0 amide bonds. The van der Waals surface area contributed by atoms with Crippen LogP contribution in [-0.4, -0.2) is 4.98 Å². The van der Waals surface area contributed by atoms with Crippen molar-refractivity contribution in [1.82, 2.24) is 4.98 Å². The third-order valence-corrected chi connectivity index (χ3v) is 4.53. The van der Waals surface area contributed by atoms with Gasteiger partial charge in [0.25, 0.3) is 0 Å². The molecule has 19 heavy (non-hydrogen) atoms. The monoisotopic (exact) mass is 264 g/mol. The minimum atomic E-state index is 1.03. The zero-order valence-electron chi connectivity index (χ0n) is 10.5. The highest BCUT2D eigenvalue weighted by Gasteiger charge is 2.19. The molecule has 0 fully saturated rings. The second kappa shape index (κ2) is 4.00. The minimum absolute atomic E-state index is 1.03. The highest BCUT2D eigenvalue weighted by molar-refractivity contribution is 7.99. The fourth-order valence-corrected chi connectivity index (χ4v) is 3.52. The second-order valence-electron chi connectivity index (χ2n) is 4.69. The Balaban J connectivity index is 1.98. The summed E-state index contributed by atoms with van der Waals surface area (Å²) in [7, 11) is 0. The van der Waals surface area contributed by atoms with Crippen molar-refractivity contribution in [3.05, 3.63) is 54.2 Å². The maximum Gasteiger partial charge on any atom is 0.0723 e. The molecule has 2 heterocycles. The number of aromatic nitrogens is 1.